The summed E-state index contributed by atoms with van der Waals surface area (Å²) < 4.78 is 1.83. The first-order valence-electron chi connectivity index (χ1n) is 11.2. The molecule has 0 spiro atoms. The molecule has 0 fully saturated rings. The van der Waals surface area contributed by atoms with Gasteiger partial charge >= 0.3 is 0 Å². The monoisotopic (exact) mass is 462 g/mol. The van der Waals surface area contributed by atoms with Crippen LogP contribution in [0.25, 0.3) is 33.1 Å². The largest absolute Gasteiger partial charge is 0.330 e. The van der Waals surface area contributed by atoms with Gasteiger partial charge in [0.05, 0.1) is 30.2 Å². The molecule has 0 aliphatic carbocycles. The number of rotatable bonds is 5. The lowest BCUT2D eigenvalue weighted by molar-refractivity contribution is -0.132. The lowest BCUT2D eigenvalue weighted by atomic mass is 10.1. The highest BCUT2D eigenvalue weighted by Gasteiger charge is 2.28. The molecule has 0 saturated heterocycles. The Morgan fingerprint density at radius 3 is 2.06 bits per heavy atom. The van der Waals surface area contributed by atoms with Crippen LogP contribution in [0.2, 0.25) is 0 Å². The average molecular weight is 463 g/mol. The maximum atomic E-state index is 13.3. The molecule has 0 unspecified atom stereocenters. The zero-order chi connectivity index (χ0) is 22.9. The Balaban J connectivity index is 1.24. The van der Waals surface area contributed by atoms with Crippen molar-refractivity contribution in [2.45, 2.75) is 19.6 Å². The van der Waals surface area contributed by atoms with Crippen molar-refractivity contribution in [1.29, 1.82) is 0 Å². The van der Waals surface area contributed by atoms with E-state index in [1.165, 1.54) is 4.88 Å². The predicted octanol–water partition coefficient (Wildman–Crippen LogP) is 5.88. The van der Waals surface area contributed by atoms with E-state index in [2.05, 4.69) is 30.3 Å². The zero-order valence-electron chi connectivity index (χ0n) is 18.5. The van der Waals surface area contributed by atoms with Gasteiger partial charge in [-0.25, -0.2) is 4.98 Å². The van der Waals surface area contributed by atoms with E-state index in [-0.39, 0.29) is 12.5 Å². The van der Waals surface area contributed by atoms with Crippen molar-refractivity contribution in [1.82, 2.24) is 19.7 Å². The third kappa shape index (κ3) is 3.93. The van der Waals surface area contributed by atoms with Gasteiger partial charge in [-0.3, -0.25) is 9.48 Å². The van der Waals surface area contributed by atoms with Crippen LogP contribution < -0.4 is 0 Å². The Morgan fingerprint density at radius 1 is 0.794 bits per heavy atom. The molecule has 5 nitrogen and oxygen atoms in total. The van der Waals surface area contributed by atoms with Crippen LogP contribution in [-0.2, 0) is 24.4 Å². The minimum atomic E-state index is 0.0475. The highest BCUT2D eigenvalue weighted by atomic mass is 32.1. The van der Waals surface area contributed by atoms with E-state index in [0.29, 0.717) is 13.1 Å². The lowest BCUT2D eigenvalue weighted by Gasteiger charge is -2.16. The predicted molar refractivity (Wildman–Crippen MR) is 135 cm³/mol. The maximum absolute atomic E-state index is 13.3. The maximum Gasteiger partial charge on any atom is 0.245 e. The molecule has 0 saturated carbocycles. The van der Waals surface area contributed by atoms with Crippen molar-refractivity contribution in [3.8, 4) is 33.1 Å². The number of amides is 1. The molecule has 0 N–H and O–H groups in total. The molecule has 6 heteroatoms. The van der Waals surface area contributed by atoms with Crippen molar-refractivity contribution in [2.75, 3.05) is 0 Å². The molecule has 0 atom stereocenters. The molecule has 1 aliphatic heterocycles. The number of benzene rings is 3. The van der Waals surface area contributed by atoms with Gasteiger partial charge in [-0.1, -0.05) is 91.0 Å². The number of hydrogen-bond donors (Lipinski definition) is 0. The van der Waals surface area contributed by atoms with Gasteiger partial charge in [0.25, 0.3) is 0 Å². The summed E-state index contributed by atoms with van der Waals surface area (Å²) >= 11 is 1.68. The number of nitrogens with zero attached hydrogens (tertiary/aromatic N) is 4. The van der Waals surface area contributed by atoms with Crippen LogP contribution >= 0.6 is 11.3 Å². The molecule has 0 radical (unpaired) electrons. The molecule has 166 valence electrons. The number of carbonyl (C=O) groups is 1. The van der Waals surface area contributed by atoms with Crippen molar-refractivity contribution >= 4 is 17.2 Å². The standard InChI is InChI=1S/C28H22N4OS/c33-27(31-17-24-26(18-31)34-28(29-24)22-14-8-3-9-15-22)19-32-25(21-12-6-2-7-13-21)16-23(30-32)20-10-4-1-5-11-20/h1-16H,17-19H2. The normalized spacial score (nSPS) is 12.6. The smallest absolute Gasteiger partial charge is 0.245 e. The van der Waals surface area contributed by atoms with Gasteiger partial charge in [0, 0.05) is 16.0 Å². The molecule has 1 amide bonds. The molecule has 6 rings (SSSR count). The van der Waals surface area contributed by atoms with Crippen LogP contribution in [-0.4, -0.2) is 25.6 Å². The molecule has 5 aromatic rings. The first kappa shape index (κ1) is 20.6. The highest BCUT2D eigenvalue weighted by molar-refractivity contribution is 7.15. The molecule has 3 heterocycles. The van der Waals surface area contributed by atoms with Gasteiger partial charge in [-0.2, -0.15) is 5.10 Å². The van der Waals surface area contributed by atoms with E-state index in [0.717, 1.165) is 38.8 Å². The Bertz CT molecular complexity index is 1420. The summed E-state index contributed by atoms with van der Waals surface area (Å²) in [7, 11) is 0. The Kier molecular flexibility index (Phi) is 5.28. The fraction of sp³-hybridized carbons (Fsp3) is 0.107. The second kappa shape index (κ2) is 8.72. The highest BCUT2D eigenvalue weighted by Crippen LogP contribution is 2.34. The van der Waals surface area contributed by atoms with E-state index in [9.17, 15) is 4.79 Å². The van der Waals surface area contributed by atoms with Crippen molar-refractivity contribution in [3.05, 3.63) is 108 Å². The summed E-state index contributed by atoms with van der Waals surface area (Å²) in [5, 5.41) is 5.83. The zero-order valence-corrected chi connectivity index (χ0v) is 19.3. The fourth-order valence-electron chi connectivity index (χ4n) is 4.28. The number of hydrogen-bond acceptors (Lipinski definition) is 4. The number of thiazole rings is 1. The van der Waals surface area contributed by atoms with Crippen molar-refractivity contribution in [3.63, 3.8) is 0 Å². The molecular formula is C28H22N4OS. The molecule has 34 heavy (non-hydrogen) atoms. The summed E-state index contributed by atoms with van der Waals surface area (Å²) in [6, 6.07) is 32.4. The summed E-state index contributed by atoms with van der Waals surface area (Å²) in [4.78, 5) is 21.2. The van der Waals surface area contributed by atoms with E-state index >= 15 is 0 Å². The van der Waals surface area contributed by atoms with E-state index in [1.54, 1.807) is 11.3 Å². The summed E-state index contributed by atoms with van der Waals surface area (Å²) in [5.41, 5.74) is 6.00. The minimum absolute atomic E-state index is 0.0475. The van der Waals surface area contributed by atoms with Crippen LogP contribution in [0.3, 0.4) is 0 Å². The summed E-state index contributed by atoms with van der Waals surface area (Å²) in [6.45, 7) is 1.34. The Morgan fingerprint density at radius 2 is 1.41 bits per heavy atom. The first-order valence-corrected chi connectivity index (χ1v) is 12.1. The van der Waals surface area contributed by atoms with Gasteiger partial charge in [0.15, 0.2) is 0 Å². The van der Waals surface area contributed by atoms with Crippen LogP contribution in [0.5, 0.6) is 0 Å². The van der Waals surface area contributed by atoms with Crippen molar-refractivity contribution in [2.24, 2.45) is 0 Å². The molecular weight excluding hydrogens is 440 g/mol. The lowest BCUT2D eigenvalue weighted by Crippen LogP contribution is -2.30. The SMILES string of the molecule is O=C(Cn1nc(-c2ccccc2)cc1-c1ccccc1)N1Cc2nc(-c3ccccc3)sc2C1. The fourth-order valence-corrected chi connectivity index (χ4v) is 5.37. The van der Waals surface area contributed by atoms with Gasteiger partial charge in [-0.15, -0.1) is 11.3 Å². The molecule has 0 bridgehead atoms. The second-order valence-electron chi connectivity index (χ2n) is 8.31. The topological polar surface area (TPSA) is 51.0 Å². The van der Waals surface area contributed by atoms with E-state index in [4.69, 9.17) is 10.1 Å². The average Bonchev–Trinajstić information content (AvgIpc) is 3.59. The minimum Gasteiger partial charge on any atom is -0.330 e. The first-order chi connectivity index (χ1) is 16.7. The third-order valence-corrected chi connectivity index (χ3v) is 7.16. The second-order valence-corrected chi connectivity index (χ2v) is 9.39. The Hall–Kier alpha value is -4.03. The Labute approximate surface area is 202 Å². The molecule has 2 aromatic heterocycles. The number of carbonyl (C=O) groups excluding carboxylic acids is 1. The van der Waals surface area contributed by atoms with Gasteiger partial charge in [0.1, 0.15) is 11.6 Å². The van der Waals surface area contributed by atoms with E-state index < -0.39 is 0 Å². The van der Waals surface area contributed by atoms with Crippen LogP contribution in [0.15, 0.2) is 97.1 Å². The van der Waals surface area contributed by atoms with Crippen molar-refractivity contribution < 1.29 is 4.79 Å². The summed E-state index contributed by atoms with van der Waals surface area (Å²) in [5.74, 6) is 0.0475. The summed E-state index contributed by atoms with van der Waals surface area (Å²) in [6.07, 6.45) is 0. The van der Waals surface area contributed by atoms with Crippen LogP contribution in [0.4, 0.5) is 0 Å². The van der Waals surface area contributed by atoms with Gasteiger partial charge in [-0.05, 0) is 11.6 Å². The van der Waals surface area contributed by atoms with Crippen LogP contribution in [0, 0.1) is 0 Å². The molecule has 1 aliphatic rings. The van der Waals surface area contributed by atoms with Gasteiger partial charge < -0.3 is 4.90 Å². The van der Waals surface area contributed by atoms with E-state index in [1.807, 2.05) is 76.3 Å². The van der Waals surface area contributed by atoms with Gasteiger partial charge in [0.2, 0.25) is 5.91 Å². The number of fused-ring (bicyclic) bond motifs is 1. The quantitative estimate of drug-likeness (QED) is 0.328. The third-order valence-electron chi connectivity index (χ3n) is 6.03. The number of aromatic nitrogens is 3. The van der Waals surface area contributed by atoms with Crippen LogP contribution in [0.1, 0.15) is 10.6 Å². The molecule has 3 aromatic carbocycles.